The third-order valence-corrected chi connectivity index (χ3v) is 6.91. The van der Waals surface area contributed by atoms with Gasteiger partial charge in [0, 0.05) is 37.6 Å². The van der Waals surface area contributed by atoms with Crippen LogP contribution >= 0.6 is 22.9 Å². The maximum absolute atomic E-state index is 13.1. The van der Waals surface area contributed by atoms with Crippen LogP contribution in [0.1, 0.15) is 42.4 Å². The van der Waals surface area contributed by atoms with Gasteiger partial charge in [0.25, 0.3) is 12.3 Å². The minimum atomic E-state index is -2.81. The van der Waals surface area contributed by atoms with Crippen molar-refractivity contribution in [1.82, 2.24) is 29.4 Å². The minimum absolute atomic E-state index is 0.115. The van der Waals surface area contributed by atoms with Crippen molar-refractivity contribution < 1.29 is 13.6 Å². The Balaban J connectivity index is 1.42. The normalized spacial score (nSPS) is 16.3. The van der Waals surface area contributed by atoms with Crippen LogP contribution in [0.3, 0.4) is 0 Å². The van der Waals surface area contributed by atoms with Gasteiger partial charge in [0.2, 0.25) is 5.95 Å². The Morgan fingerprint density at radius 1 is 1.36 bits per heavy atom. The molecule has 1 N–H and O–H groups in total. The molecule has 4 aromatic rings. The van der Waals surface area contributed by atoms with E-state index in [0.29, 0.717) is 28.9 Å². The number of thiazole rings is 1. The van der Waals surface area contributed by atoms with E-state index >= 15 is 0 Å². The highest BCUT2D eigenvalue weighted by Gasteiger charge is 2.26. The average molecular weight is 493 g/mol. The summed E-state index contributed by atoms with van der Waals surface area (Å²) in [5, 5.41) is 11.7. The number of nitrogens with zero attached hydrogens (tertiary/aromatic N) is 7. The number of rotatable bonds is 5. The largest absolute Gasteiger partial charge is 0.337 e. The van der Waals surface area contributed by atoms with Crippen LogP contribution in [0.25, 0.3) is 16.2 Å². The summed E-state index contributed by atoms with van der Waals surface area (Å²) in [6, 6.07) is 3.82. The molecule has 0 spiro atoms. The molecule has 1 saturated heterocycles. The number of amides is 1. The SMILES string of the molecule is CC1CCCN1c1nc2cc(NC(=O)c3c(-c4nc(C(F)F)c(Cl)s4)cnn3C)ccn2n1. The highest BCUT2D eigenvalue weighted by Crippen LogP contribution is 2.37. The predicted molar refractivity (Wildman–Crippen MR) is 121 cm³/mol. The van der Waals surface area contributed by atoms with E-state index in [1.807, 2.05) is 0 Å². The third kappa shape index (κ3) is 3.93. The van der Waals surface area contributed by atoms with Crippen molar-refractivity contribution in [3.05, 3.63) is 40.3 Å². The number of alkyl halides is 2. The van der Waals surface area contributed by atoms with Crippen molar-refractivity contribution in [2.45, 2.75) is 32.2 Å². The first-order valence-corrected chi connectivity index (χ1v) is 11.4. The lowest BCUT2D eigenvalue weighted by Gasteiger charge is -2.18. The van der Waals surface area contributed by atoms with Crippen LogP contribution in [0.2, 0.25) is 4.34 Å². The zero-order valence-electron chi connectivity index (χ0n) is 17.7. The topological polar surface area (TPSA) is 93.2 Å². The Kier molecular flexibility index (Phi) is 5.49. The van der Waals surface area contributed by atoms with E-state index in [-0.39, 0.29) is 15.0 Å². The minimum Gasteiger partial charge on any atom is -0.337 e. The molecular weight excluding hydrogens is 474 g/mol. The van der Waals surface area contributed by atoms with Gasteiger partial charge in [-0.05, 0) is 25.8 Å². The first kappa shape index (κ1) is 21.7. The van der Waals surface area contributed by atoms with Gasteiger partial charge in [-0.3, -0.25) is 9.48 Å². The molecule has 172 valence electrons. The number of carbonyl (C=O) groups excluding carboxylic acids is 1. The van der Waals surface area contributed by atoms with Crippen LogP contribution in [0, 0.1) is 0 Å². The second-order valence-electron chi connectivity index (χ2n) is 7.78. The summed E-state index contributed by atoms with van der Waals surface area (Å²) in [6.45, 7) is 3.06. The lowest BCUT2D eigenvalue weighted by Crippen LogP contribution is -2.27. The van der Waals surface area contributed by atoms with Crippen molar-refractivity contribution >= 4 is 46.1 Å². The molecule has 0 saturated carbocycles. The van der Waals surface area contributed by atoms with Crippen molar-refractivity contribution in [1.29, 1.82) is 0 Å². The van der Waals surface area contributed by atoms with Gasteiger partial charge in [-0.1, -0.05) is 11.6 Å². The molecule has 4 aromatic heterocycles. The van der Waals surface area contributed by atoms with E-state index in [2.05, 4.69) is 37.3 Å². The van der Waals surface area contributed by atoms with Crippen molar-refractivity contribution in [2.24, 2.45) is 7.05 Å². The predicted octanol–water partition coefficient (Wildman–Crippen LogP) is 4.42. The van der Waals surface area contributed by atoms with Gasteiger partial charge in [-0.25, -0.2) is 18.3 Å². The molecule has 1 aliphatic rings. The average Bonchev–Trinajstić information content (AvgIpc) is 3.53. The van der Waals surface area contributed by atoms with Gasteiger partial charge >= 0.3 is 0 Å². The quantitative estimate of drug-likeness (QED) is 0.443. The van der Waals surface area contributed by atoms with E-state index in [0.717, 1.165) is 30.7 Å². The van der Waals surface area contributed by atoms with E-state index in [9.17, 15) is 13.6 Å². The number of aryl methyl sites for hydroxylation is 1. The monoisotopic (exact) mass is 492 g/mol. The number of aromatic nitrogens is 6. The molecule has 9 nitrogen and oxygen atoms in total. The number of carbonyl (C=O) groups is 1. The number of halogens is 3. The summed E-state index contributed by atoms with van der Waals surface area (Å²) in [5.41, 5.74) is 1.10. The Morgan fingerprint density at radius 3 is 2.88 bits per heavy atom. The molecule has 1 atom stereocenters. The lowest BCUT2D eigenvalue weighted by atomic mass is 10.2. The number of anilines is 2. The summed E-state index contributed by atoms with van der Waals surface area (Å²) < 4.78 is 29.1. The van der Waals surface area contributed by atoms with E-state index in [1.54, 1.807) is 29.9 Å². The lowest BCUT2D eigenvalue weighted by molar-refractivity contribution is 0.101. The summed E-state index contributed by atoms with van der Waals surface area (Å²) >= 11 is 6.78. The zero-order chi connectivity index (χ0) is 23.3. The standard InChI is InChI=1S/C20H19ClF2N8OS/c1-10-4-3-6-30(10)20-26-13-8-11(5-7-31(13)28-20)25-18(32)15-12(9-24-29(15)2)19-27-14(17(22)23)16(21)33-19/h5,7-10,17H,3-4,6H2,1-2H3,(H,25,32). The van der Waals surface area contributed by atoms with Crippen molar-refractivity contribution in [3.8, 4) is 10.6 Å². The highest BCUT2D eigenvalue weighted by atomic mass is 35.5. The van der Waals surface area contributed by atoms with Crippen LogP contribution in [-0.2, 0) is 7.05 Å². The van der Waals surface area contributed by atoms with Crippen LogP contribution in [0.5, 0.6) is 0 Å². The van der Waals surface area contributed by atoms with E-state index in [1.165, 1.54) is 10.9 Å². The molecule has 1 fully saturated rings. The van der Waals surface area contributed by atoms with E-state index in [4.69, 9.17) is 11.6 Å². The molecule has 0 radical (unpaired) electrons. The van der Waals surface area contributed by atoms with Crippen molar-refractivity contribution in [2.75, 3.05) is 16.8 Å². The van der Waals surface area contributed by atoms with Crippen LogP contribution < -0.4 is 10.2 Å². The maximum atomic E-state index is 13.1. The molecule has 5 heterocycles. The van der Waals surface area contributed by atoms with E-state index < -0.39 is 18.0 Å². The number of fused-ring (bicyclic) bond motifs is 1. The van der Waals surface area contributed by atoms with Gasteiger partial charge in [0.1, 0.15) is 20.7 Å². The molecule has 0 bridgehead atoms. The van der Waals surface area contributed by atoms with Crippen LogP contribution in [0.4, 0.5) is 20.4 Å². The fraction of sp³-hybridized carbons (Fsp3) is 0.350. The molecule has 0 aliphatic carbocycles. The second-order valence-corrected chi connectivity index (χ2v) is 9.38. The molecule has 13 heteroatoms. The zero-order valence-corrected chi connectivity index (χ0v) is 19.2. The Bertz CT molecular complexity index is 1350. The first-order valence-electron chi connectivity index (χ1n) is 10.2. The smallest absolute Gasteiger partial charge is 0.282 e. The van der Waals surface area contributed by atoms with Crippen LogP contribution in [0.15, 0.2) is 24.5 Å². The summed E-state index contributed by atoms with van der Waals surface area (Å²) in [6.07, 6.45) is 2.54. The fourth-order valence-electron chi connectivity index (χ4n) is 3.92. The van der Waals surface area contributed by atoms with Gasteiger partial charge in [-0.15, -0.1) is 16.4 Å². The molecule has 1 aliphatic heterocycles. The Labute approximate surface area is 196 Å². The highest BCUT2D eigenvalue weighted by molar-refractivity contribution is 7.19. The fourth-order valence-corrected chi connectivity index (χ4v) is 5.07. The first-order chi connectivity index (χ1) is 15.8. The third-order valence-electron chi connectivity index (χ3n) is 5.59. The summed E-state index contributed by atoms with van der Waals surface area (Å²) in [5.74, 6) is 0.194. The molecule has 0 aromatic carbocycles. The Morgan fingerprint density at radius 2 is 2.18 bits per heavy atom. The van der Waals surface area contributed by atoms with Gasteiger partial charge in [-0.2, -0.15) is 10.1 Å². The summed E-state index contributed by atoms with van der Waals surface area (Å²) in [4.78, 5) is 23.8. The molecule has 33 heavy (non-hydrogen) atoms. The molecule has 1 amide bonds. The second kappa shape index (κ2) is 8.34. The van der Waals surface area contributed by atoms with Crippen LogP contribution in [-0.4, -0.2) is 47.9 Å². The molecule has 1 unspecified atom stereocenters. The van der Waals surface area contributed by atoms with Crippen molar-refractivity contribution in [3.63, 3.8) is 0 Å². The van der Waals surface area contributed by atoms with Gasteiger partial charge in [0.15, 0.2) is 5.65 Å². The number of hydrogen-bond acceptors (Lipinski definition) is 7. The van der Waals surface area contributed by atoms with Gasteiger partial charge in [0.05, 0.1) is 11.8 Å². The molecule has 5 rings (SSSR count). The molecular formula is C20H19ClF2N8OS. The Hall–Kier alpha value is -3.12. The number of pyridine rings is 1. The number of hydrogen-bond donors (Lipinski definition) is 1. The van der Waals surface area contributed by atoms with Gasteiger partial charge < -0.3 is 10.2 Å². The maximum Gasteiger partial charge on any atom is 0.282 e. The summed E-state index contributed by atoms with van der Waals surface area (Å²) in [7, 11) is 1.59. The number of nitrogens with one attached hydrogen (secondary N) is 1.